The molecule has 1 atom stereocenters. The van der Waals surface area contributed by atoms with Gasteiger partial charge in [0.2, 0.25) is 0 Å². The van der Waals surface area contributed by atoms with Gasteiger partial charge in [-0.25, -0.2) is 9.36 Å². The number of carboxylic acid groups (broad SMARTS) is 1. The molecule has 0 bridgehead atoms. The number of hydrogen-bond donors (Lipinski definition) is 1. The summed E-state index contributed by atoms with van der Waals surface area (Å²) in [6, 6.07) is 11.8. The maximum absolute atomic E-state index is 13.0. The molecular weight excluding hydrogens is 534 g/mol. The number of unbranched alkanes of at least 4 members (excludes halogenated alkanes) is 15. The molecule has 43 heavy (non-hydrogen) atoms. The Bertz CT molecular complexity index is 946. The van der Waals surface area contributed by atoms with Crippen LogP contribution in [0.1, 0.15) is 159 Å². The second-order valence-corrected chi connectivity index (χ2v) is 12.1. The number of rotatable bonds is 25. The van der Waals surface area contributed by atoms with Crippen LogP contribution >= 0.6 is 0 Å². The Hall–Kier alpha value is -2.69. The number of carbonyl (C=O) groups excluding carboxylic acids is 1. The first-order valence-electron chi connectivity index (χ1n) is 17.5. The number of aryl methyl sites for hydroxylation is 1. The van der Waals surface area contributed by atoms with E-state index in [1.165, 1.54) is 133 Å². The van der Waals surface area contributed by atoms with Gasteiger partial charge in [-0.05, 0) is 31.7 Å². The zero-order valence-electron chi connectivity index (χ0n) is 27.4. The molecule has 2 rings (SSSR count). The molecular formula is C38H61NO4. The van der Waals surface area contributed by atoms with Crippen LogP contribution in [0, 0.1) is 5.92 Å². The predicted octanol–water partition coefficient (Wildman–Crippen LogP) is 9.85. The first-order chi connectivity index (χ1) is 21.0. The summed E-state index contributed by atoms with van der Waals surface area (Å²) in [4.78, 5) is 23.2. The predicted molar refractivity (Wildman–Crippen MR) is 176 cm³/mol. The third-order valence-electron chi connectivity index (χ3n) is 8.25. The van der Waals surface area contributed by atoms with Crippen LogP contribution < -0.4 is 9.67 Å². The van der Waals surface area contributed by atoms with Crippen molar-refractivity contribution in [2.24, 2.45) is 5.92 Å². The van der Waals surface area contributed by atoms with Gasteiger partial charge in [0.15, 0.2) is 12.4 Å². The van der Waals surface area contributed by atoms with Crippen molar-refractivity contribution in [3.63, 3.8) is 0 Å². The highest BCUT2D eigenvalue weighted by molar-refractivity contribution is 5.90. The van der Waals surface area contributed by atoms with E-state index in [2.05, 4.69) is 49.0 Å². The molecule has 1 heterocycles. The molecule has 0 radical (unpaired) electrons. The Morgan fingerprint density at radius 3 is 1.65 bits per heavy atom. The summed E-state index contributed by atoms with van der Waals surface area (Å²) in [6.45, 7) is 5.62. The van der Waals surface area contributed by atoms with Gasteiger partial charge >= 0.3 is 5.97 Å². The van der Waals surface area contributed by atoms with Gasteiger partial charge in [-0.2, -0.15) is 0 Å². The topological polar surface area (TPSA) is 81.3 Å². The van der Waals surface area contributed by atoms with Crippen LogP contribution in [0.25, 0.3) is 0 Å². The number of carboxylic acids is 1. The summed E-state index contributed by atoms with van der Waals surface area (Å²) in [7, 11) is 0. The molecule has 0 aliphatic carbocycles. The van der Waals surface area contributed by atoms with Crippen molar-refractivity contribution in [2.75, 3.05) is 0 Å². The number of Topliss-reactive ketones (excluding diaryl/α,β-unsaturated/α-hetero) is 1. The Morgan fingerprint density at radius 1 is 0.651 bits per heavy atom. The number of benzene rings is 1. The van der Waals surface area contributed by atoms with Crippen LogP contribution in [-0.2, 0) is 11.3 Å². The number of ketones is 1. The van der Waals surface area contributed by atoms with Crippen molar-refractivity contribution >= 4 is 11.8 Å². The molecule has 0 aliphatic heterocycles. The Labute approximate surface area is 263 Å². The van der Waals surface area contributed by atoms with Crippen molar-refractivity contribution < 1.29 is 24.4 Å². The average molecular weight is 596 g/mol. The zero-order chi connectivity index (χ0) is 31.4. The zero-order valence-corrected chi connectivity index (χ0v) is 27.4. The third kappa shape index (κ3) is 20.8. The fourth-order valence-corrected chi connectivity index (χ4v) is 5.54. The lowest BCUT2D eigenvalue weighted by Gasteiger charge is -2.16. The molecule has 0 saturated carbocycles. The monoisotopic (exact) mass is 595 g/mol. The number of hydrogen-bond acceptors (Lipinski definition) is 3. The molecule has 1 aromatic heterocycles. The van der Waals surface area contributed by atoms with Crippen LogP contribution in [-0.4, -0.2) is 16.9 Å². The van der Waals surface area contributed by atoms with E-state index in [0.29, 0.717) is 11.7 Å². The van der Waals surface area contributed by atoms with E-state index in [1.807, 2.05) is 0 Å². The van der Waals surface area contributed by atoms with E-state index in [9.17, 15) is 14.7 Å². The van der Waals surface area contributed by atoms with E-state index in [-0.39, 0.29) is 5.56 Å². The Kier molecular flexibility index (Phi) is 24.0. The Balaban J connectivity index is 0.000000775. The van der Waals surface area contributed by atoms with Gasteiger partial charge in [0.1, 0.15) is 12.3 Å². The molecule has 1 N–H and O–H groups in total. The van der Waals surface area contributed by atoms with Crippen molar-refractivity contribution in [1.82, 2.24) is 0 Å². The number of para-hydroxylation sites is 1. The van der Waals surface area contributed by atoms with Crippen molar-refractivity contribution in [1.29, 1.82) is 0 Å². The third-order valence-corrected chi connectivity index (χ3v) is 8.25. The van der Waals surface area contributed by atoms with E-state index in [1.54, 1.807) is 0 Å². The van der Waals surface area contributed by atoms with Gasteiger partial charge in [-0.15, -0.1) is 0 Å². The molecule has 1 unspecified atom stereocenters. The first kappa shape index (κ1) is 38.3. The van der Waals surface area contributed by atoms with Gasteiger partial charge < -0.3 is 10.2 Å². The van der Waals surface area contributed by atoms with Gasteiger partial charge in [0.05, 0.1) is 5.56 Å². The highest BCUT2D eigenvalue weighted by Crippen LogP contribution is 2.22. The molecule has 0 amide bonds. The fraction of sp³-hybridized carbons (Fsp3) is 0.658. The maximum atomic E-state index is 13.0. The van der Waals surface area contributed by atoms with E-state index in [0.717, 1.165) is 32.2 Å². The lowest BCUT2D eigenvalue weighted by molar-refractivity contribution is -0.697. The van der Waals surface area contributed by atoms with Crippen LogP contribution in [0.4, 0.5) is 0 Å². The lowest BCUT2D eigenvalue weighted by Crippen LogP contribution is -2.32. The number of aromatic carboxylic acids is 1. The first-order valence-corrected chi connectivity index (χ1v) is 17.5. The largest absolute Gasteiger partial charge is 0.872 e. The molecule has 2 aromatic rings. The summed E-state index contributed by atoms with van der Waals surface area (Å²) in [5, 5.41) is 19.0. The molecule has 0 aliphatic rings. The van der Waals surface area contributed by atoms with E-state index < -0.39 is 11.7 Å². The van der Waals surface area contributed by atoms with Crippen LogP contribution in [0.15, 0.2) is 54.9 Å². The Morgan fingerprint density at radius 2 is 1.14 bits per heavy atom. The average Bonchev–Trinajstić information content (AvgIpc) is 3.01. The second-order valence-electron chi connectivity index (χ2n) is 12.1. The maximum Gasteiger partial charge on any atom is 0.335 e. The summed E-state index contributed by atoms with van der Waals surface area (Å²) >= 11 is 0. The molecule has 0 spiro atoms. The number of pyridine rings is 1. The molecule has 5 nitrogen and oxygen atoms in total. The smallest absolute Gasteiger partial charge is 0.335 e. The molecule has 0 fully saturated rings. The van der Waals surface area contributed by atoms with Crippen LogP contribution in [0.2, 0.25) is 0 Å². The van der Waals surface area contributed by atoms with Gasteiger partial charge in [0, 0.05) is 30.9 Å². The number of nitrogens with zero attached hydrogens (tertiary/aromatic N) is 1. The summed E-state index contributed by atoms with van der Waals surface area (Å²) in [6.07, 6.45) is 31.0. The fourth-order valence-electron chi connectivity index (χ4n) is 5.54. The van der Waals surface area contributed by atoms with Crippen molar-refractivity contribution in [3.8, 4) is 5.75 Å². The summed E-state index contributed by atoms with van der Waals surface area (Å²) in [5.41, 5.74) is -0.178. The molecule has 5 heteroatoms. The minimum atomic E-state index is -1.18. The van der Waals surface area contributed by atoms with Gasteiger partial charge in [-0.1, -0.05) is 140 Å². The van der Waals surface area contributed by atoms with Crippen LogP contribution in [0.3, 0.4) is 0 Å². The summed E-state index contributed by atoms with van der Waals surface area (Å²) in [5.74, 6) is -0.744. The molecule has 1 aromatic carbocycles. The highest BCUT2D eigenvalue weighted by Gasteiger charge is 2.17. The minimum absolute atomic E-state index is 0.178. The standard InChI is InChI=1S/C31H56NO.C7H6O3/c1-3-5-7-9-11-12-14-15-18-24-30(25-20-23-29-32-27-21-17-22-28-32)31(33)26-19-16-13-10-8-6-4-2;8-6-4-2-1-3-5(6)7(9)10/h17,21-22,27-28,30H,3-16,18-20,23-26,29H2,1-2H3;1-4,8H,(H,9,10)/q+1;/p-1. The van der Waals surface area contributed by atoms with Gasteiger partial charge in [-0.3, -0.25) is 4.79 Å². The van der Waals surface area contributed by atoms with Crippen molar-refractivity contribution in [2.45, 2.75) is 155 Å². The normalized spacial score (nSPS) is 11.5. The SMILES string of the molecule is CCCCCCCCCCCC(CCCC[n+]1ccccc1)C(=O)CCCCCCCCC.O=C(O)c1ccccc1[O-]. The molecule has 242 valence electrons. The van der Waals surface area contributed by atoms with Crippen molar-refractivity contribution in [3.05, 3.63) is 60.4 Å². The van der Waals surface area contributed by atoms with E-state index >= 15 is 0 Å². The lowest BCUT2D eigenvalue weighted by atomic mass is 9.88. The van der Waals surface area contributed by atoms with E-state index in [4.69, 9.17) is 5.11 Å². The van der Waals surface area contributed by atoms with Crippen LogP contribution in [0.5, 0.6) is 5.75 Å². The second kappa shape index (κ2) is 26.9. The number of aromatic nitrogens is 1. The quantitative estimate of drug-likeness (QED) is 0.0915. The van der Waals surface area contributed by atoms with Gasteiger partial charge in [0.25, 0.3) is 0 Å². The minimum Gasteiger partial charge on any atom is -0.872 e. The number of carbonyl (C=O) groups is 2. The summed E-state index contributed by atoms with van der Waals surface area (Å²) < 4.78 is 2.26. The highest BCUT2D eigenvalue weighted by atomic mass is 16.4. The molecule has 0 saturated heterocycles.